The van der Waals surface area contributed by atoms with E-state index in [1.165, 1.54) is 0 Å². The van der Waals surface area contributed by atoms with Gasteiger partial charge in [-0.15, -0.1) is 13.2 Å². The molecule has 0 aromatic heterocycles. The molecule has 1 aliphatic rings. The Balaban J connectivity index is 2.74. The topological polar surface area (TPSA) is 9.23 Å². The van der Waals surface area contributed by atoms with Crippen LogP contribution in [-0.2, 0) is 4.74 Å². The van der Waals surface area contributed by atoms with E-state index in [1.54, 1.807) is 0 Å². The molecule has 0 aliphatic carbocycles. The molecule has 0 N–H and O–H groups in total. The Morgan fingerprint density at radius 1 is 1.25 bits per heavy atom. The fourth-order valence-corrected chi connectivity index (χ4v) is 2.97. The lowest BCUT2D eigenvalue weighted by Crippen LogP contribution is -2.56. The standard InChI is InChI=1S/C9H12Br2O/c1-3-7(10)9(5-6-12-9)8(11)4-2/h3-4,7-8H,1-2,5-6H2. The summed E-state index contributed by atoms with van der Waals surface area (Å²) in [6.45, 7) is 8.31. The zero-order valence-electron chi connectivity index (χ0n) is 6.80. The predicted molar refractivity (Wildman–Crippen MR) is 59.1 cm³/mol. The Morgan fingerprint density at radius 3 is 1.83 bits per heavy atom. The Morgan fingerprint density at radius 2 is 1.67 bits per heavy atom. The van der Waals surface area contributed by atoms with Gasteiger partial charge in [-0.25, -0.2) is 0 Å². The molecule has 0 spiro atoms. The van der Waals surface area contributed by atoms with Crippen LogP contribution in [0.2, 0.25) is 0 Å². The van der Waals surface area contributed by atoms with Gasteiger partial charge in [0.05, 0.1) is 16.3 Å². The molecule has 2 atom stereocenters. The van der Waals surface area contributed by atoms with Crippen LogP contribution in [0.3, 0.4) is 0 Å². The van der Waals surface area contributed by atoms with E-state index in [1.807, 2.05) is 12.2 Å². The SMILES string of the molecule is C=CC(Br)C1(C(Br)C=C)CCO1. The van der Waals surface area contributed by atoms with Gasteiger partial charge in [-0.05, 0) is 0 Å². The normalized spacial score (nSPS) is 33.2. The maximum atomic E-state index is 5.59. The predicted octanol–water partition coefficient (Wildman–Crippen LogP) is 3.04. The van der Waals surface area contributed by atoms with E-state index in [0.717, 1.165) is 13.0 Å². The summed E-state index contributed by atoms with van der Waals surface area (Å²) in [5.41, 5.74) is -0.163. The van der Waals surface area contributed by atoms with Crippen LogP contribution in [0, 0.1) is 0 Å². The molecule has 0 aromatic carbocycles. The summed E-state index contributed by atoms with van der Waals surface area (Å²) in [5, 5.41) is 0. The number of hydrogen-bond acceptors (Lipinski definition) is 1. The molecule has 1 heterocycles. The number of hydrogen-bond donors (Lipinski definition) is 0. The first-order chi connectivity index (χ1) is 5.67. The number of halogens is 2. The van der Waals surface area contributed by atoms with Crippen LogP contribution in [0.25, 0.3) is 0 Å². The second-order valence-corrected chi connectivity index (χ2v) is 4.80. The molecule has 3 heteroatoms. The number of alkyl halides is 2. The van der Waals surface area contributed by atoms with Crippen molar-refractivity contribution in [2.45, 2.75) is 21.7 Å². The van der Waals surface area contributed by atoms with Gasteiger partial charge < -0.3 is 4.74 Å². The van der Waals surface area contributed by atoms with Gasteiger partial charge in [0.25, 0.3) is 0 Å². The van der Waals surface area contributed by atoms with Crippen LogP contribution in [0.1, 0.15) is 6.42 Å². The van der Waals surface area contributed by atoms with E-state index in [0.29, 0.717) is 0 Å². The summed E-state index contributed by atoms with van der Waals surface area (Å²) in [7, 11) is 0. The van der Waals surface area contributed by atoms with Crippen molar-refractivity contribution in [3.8, 4) is 0 Å². The van der Waals surface area contributed by atoms with E-state index in [2.05, 4.69) is 45.0 Å². The van der Waals surface area contributed by atoms with Crippen molar-refractivity contribution in [2.24, 2.45) is 0 Å². The monoisotopic (exact) mass is 294 g/mol. The highest BCUT2D eigenvalue weighted by Gasteiger charge is 2.47. The first-order valence-corrected chi connectivity index (χ1v) is 5.67. The second kappa shape index (κ2) is 4.07. The van der Waals surface area contributed by atoms with Crippen molar-refractivity contribution < 1.29 is 4.74 Å². The van der Waals surface area contributed by atoms with Gasteiger partial charge in [-0.3, -0.25) is 0 Å². The highest BCUT2D eigenvalue weighted by Crippen LogP contribution is 2.41. The zero-order chi connectivity index (χ0) is 9.19. The summed E-state index contributed by atoms with van der Waals surface area (Å²) < 4.78 is 5.59. The highest BCUT2D eigenvalue weighted by molar-refractivity contribution is 9.10. The van der Waals surface area contributed by atoms with Crippen LogP contribution in [0.15, 0.2) is 25.3 Å². The van der Waals surface area contributed by atoms with Gasteiger partial charge in [-0.1, -0.05) is 44.0 Å². The Kier molecular flexibility index (Phi) is 3.56. The molecule has 1 rings (SSSR count). The molecule has 0 amide bonds. The summed E-state index contributed by atoms with van der Waals surface area (Å²) in [4.78, 5) is 0.363. The lowest BCUT2D eigenvalue weighted by atomic mass is 9.87. The minimum absolute atomic E-state index is 0.163. The molecule has 0 saturated carbocycles. The molecular weight excluding hydrogens is 284 g/mol. The van der Waals surface area contributed by atoms with Gasteiger partial charge in [0, 0.05) is 6.42 Å². The maximum absolute atomic E-state index is 5.59. The molecule has 12 heavy (non-hydrogen) atoms. The van der Waals surface area contributed by atoms with E-state index in [-0.39, 0.29) is 15.3 Å². The van der Waals surface area contributed by atoms with Gasteiger partial charge >= 0.3 is 0 Å². The molecule has 0 aromatic rings. The second-order valence-electron chi connectivity index (χ2n) is 2.83. The lowest BCUT2D eigenvalue weighted by Gasteiger charge is -2.47. The first-order valence-electron chi connectivity index (χ1n) is 3.84. The molecule has 0 radical (unpaired) electrons. The minimum Gasteiger partial charge on any atom is -0.372 e. The van der Waals surface area contributed by atoms with E-state index < -0.39 is 0 Å². The maximum Gasteiger partial charge on any atom is 0.102 e. The third kappa shape index (κ3) is 1.54. The summed E-state index contributed by atoms with van der Waals surface area (Å²) in [6, 6.07) is 0. The summed E-state index contributed by atoms with van der Waals surface area (Å²) in [6.07, 6.45) is 4.75. The number of ether oxygens (including phenoxy) is 1. The first kappa shape index (κ1) is 10.5. The fourth-order valence-electron chi connectivity index (χ4n) is 1.32. The van der Waals surface area contributed by atoms with Crippen molar-refractivity contribution in [1.29, 1.82) is 0 Å². The molecular formula is C9H12Br2O. The largest absolute Gasteiger partial charge is 0.372 e. The van der Waals surface area contributed by atoms with Crippen LogP contribution < -0.4 is 0 Å². The molecule has 68 valence electrons. The zero-order valence-corrected chi connectivity index (χ0v) is 9.97. The fraction of sp³-hybridized carbons (Fsp3) is 0.556. The summed E-state index contributed by atoms with van der Waals surface area (Å²) in [5.74, 6) is 0. The minimum atomic E-state index is -0.163. The lowest BCUT2D eigenvalue weighted by molar-refractivity contribution is -0.132. The Hall–Kier alpha value is 0.400. The third-order valence-corrected chi connectivity index (χ3v) is 4.51. The van der Waals surface area contributed by atoms with E-state index in [9.17, 15) is 0 Å². The van der Waals surface area contributed by atoms with Crippen LogP contribution in [0.4, 0.5) is 0 Å². The van der Waals surface area contributed by atoms with Gasteiger partial charge in [0.15, 0.2) is 0 Å². The molecule has 0 bridgehead atoms. The van der Waals surface area contributed by atoms with E-state index >= 15 is 0 Å². The molecule has 1 aliphatic heterocycles. The Bertz CT molecular complexity index is 171. The third-order valence-electron chi connectivity index (χ3n) is 2.21. The summed E-state index contributed by atoms with van der Waals surface area (Å²) >= 11 is 7.06. The van der Waals surface area contributed by atoms with Crippen molar-refractivity contribution >= 4 is 31.9 Å². The molecule has 2 unspecified atom stereocenters. The van der Waals surface area contributed by atoms with Crippen molar-refractivity contribution in [1.82, 2.24) is 0 Å². The average Bonchev–Trinajstić information content (AvgIpc) is 2.01. The number of rotatable bonds is 4. The van der Waals surface area contributed by atoms with E-state index in [4.69, 9.17) is 4.74 Å². The van der Waals surface area contributed by atoms with Crippen molar-refractivity contribution in [2.75, 3.05) is 6.61 Å². The molecule has 1 nitrogen and oxygen atoms in total. The smallest absolute Gasteiger partial charge is 0.102 e. The highest BCUT2D eigenvalue weighted by atomic mass is 79.9. The average molecular weight is 296 g/mol. The molecule has 1 fully saturated rings. The van der Waals surface area contributed by atoms with Crippen LogP contribution >= 0.6 is 31.9 Å². The van der Waals surface area contributed by atoms with Crippen LogP contribution in [-0.4, -0.2) is 21.9 Å². The van der Waals surface area contributed by atoms with Crippen molar-refractivity contribution in [3.63, 3.8) is 0 Å². The van der Waals surface area contributed by atoms with Gasteiger partial charge in [0.1, 0.15) is 5.60 Å². The Labute approximate surface area is 90.1 Å². The van der Waals surface area contributed by atoms with Crippen LogP contribution in [0.5, 0.6) is 0 Å². The van der Waals surface area contributed by atoms with Crippen molar-refractivity contribution in [3.05, 3.63) is 25.3 Å². The van der Waals surface area contributed by atoms with Gasteiger partial charge in [-0.2, -0.15) is 0 Å². The molecule has 1 saturated heterocycles. The quantitative estimate of drug-likeness (QED) is 0.572. The van der Waals surface area contributed by atoms with Gasteiger partial charge in [0.2, 0.25) is 0 Å².